The molecule has 1 aromatic rings. The molecule has 50 valence electrons. The fourth-order valence-corrected chi connectivity index (χ4v) is 1.10. The topological polar surface area (TPSA) is 17.8 Å². The molecule has 0 aromatic carbocycles. The normalized spacial score (nSPS) is 10.0. The monoisotopic (exact) mass is 188 g/mol. The molecular formula is C6H9BrN2. The highest BCUT2D eigenvalue weighted by Crippen LogP contribution is 1.96. The third kappa shape index (κ3) is 1.82. The number of rotatable bonds is 2. The Morgan fingerprint density at radius 1 is 1.78 bits per heavy atom. The van der Waals surface area contributed by atoms with Gasteiger partial charge in [-0.05, 0) is 0 Å². The summed E-state index contributed by atoms with van der Waals surface area (Å²) in [7, 11) is 1.98. The minimum atomic E-state index is 0.990. The number of hydrogen-bond donors (Lipinski definition) is 0. The maximum Gasteiger partial charge on any atom is 0.0946 e. The smallest absolute Gasteiger partial charge is 0.0946 e. The average Bonchev–Trinajstić information content (AvgIpc) is 2.17. The fraction of sp³-hybridized carbons (Fsp3) is 0.500. The van der Waals surface area contributed by atoms with E-state index in [-0.39, 0.29) is 0 Å². The van der Waals surface area contributed by atoms with Crippen LogP contribution in [0.25, 0.3) is 0 Å². The largest absolute Gasteiger partial charge is 0.340 e. The lowest BCUT2D eigenvalue weighted by Crippen LogP contribution is -1.84. The average molecular weight is 189 g/mol. The van der Waals surface area contributed by atoms with Gasteiger partial charge in [0.1, 0.15) is 0 Å². The molecule has 1 heterocycles. The first-order valence-corrected chi connectivity index (χ1v) is 3.98. The molecule has 1 aromatic heterocycles. The van der Waals surface area contributed by atoms with Crippen LogP contribution in [0.2, 0.25) is 0 Å². The second-order valence-electron chi connectivity index (χ2n) is 1.97. The molecular weight excluding hydrogens is 180 g/mol. The van der Waals surface area contributed by atoms with Crippen molar-refractivity contribution in [1.29, 1.82) is 0 Å². The minimum absolute atomic E-state index is 0.990. The van der Waals surface area contributed by atoms with E-state index in [2.05, 4.69) is 20.9 Å². The Labute approximate surface area is 63.0 Å². The summed E-state index contributed by atoms with van der Waals surface area (Å²) >= 11 is 3.35. The lowest BCUT2D eigenvalue weighted by molar-refractivity contribution is 0.912. The number of halogens is 1. The molecule has 0 saturated heterocycles. The number of hydrogen-bond acceptors (Lipinski definition) is 1. The SMILES string of the molecule is Cn1cnc(CCBr)c1. The van der Waals surface area contributed by atoms with Gasteiger partial charge in [0.25, 0.3) is 0 Å². The molecule has 0 aliphatic rings. The van der Waals surface area contributed by atoms with Crippen LogP contribution >= 0.6 is 15.9 Å². The number of alkyl halides is 1. The van der Waals surface area contributed by atoms with E-state index in [0.717, 1.165) is 17.4 Å². The summed E-state index contributed by atoms with van der Waals surface area (Å²) in [5, 5.41) is 0.990. The second kappa shape index (κ2) is 3.01. The first-order chi connectivity index (χ1) is 4.33. The predicted octanol–water partition coefficient (Wildman–Crippen LogP) is 1.36. The van der Waals surface area contributed by atoms with E-state index in [1.54, 1.807) is 0 Å². The summed E-state index contributed by atoms with van der Waals surface area (Å²) in [6.07, 6.45) is 4.86. The van der Waals surface area contributed by atoms with Crippen molar-refractivity contribution >= 4 is 15.9 Å². The fourth-order valence-electron chi connectivity index (χ4n) is 0.693. The van der Waals surface area contributed by atoms with Crippen molar-refractivity contribution in [2.24, 2.45) is 7.05 Å². The highest BCUT2D eigenvalue weighted by Gasteiger charge is 1.92. The summed E-state index contributed by atoms with van der Waals surface area (Å²) < 4.78 is 1.96. The van der Waals surface area contributed by atoms with Crippen LogP contribution in [0.5, 0.6) is 0 Å². The van der Waals surface area contributed by atoms with E-state index in [1.807, 2.05) is 24.1 Å². The predicted molar refractivity (Wildman–Crippen MR) is 40.7 cm³/mol. The quantitative estimate of drug-likeness (QED) is 0.642. The molecule has 0 unspecified atom stereocenters. The molecule has 0 fully saturated rings. The molecule has 0 spiro atoms. The van der Waals surface area contributed by atoms with E-state index >= 15 is 0 Å². The van der Waals surface area contributed by atoms with E-state index in [9.17, 15) is 0 Å². The van der Waals surface area contributed by atoms with Crippen molar-refractivity contribution in [3.8, 4) is 0 Å². The van der Waals surface area contributed by atoms with Crippen LogP contribution in [0.1, 0.15) is 5.69 Å². The second-order valence-corrected chi connectivity index (χ2v) is 2.76. The van der Waals surface area contributed by atoms with Crippen LogP contribution < -0.4 is 0 Å². The zero-order valence-electron chi connectivity index (χ0n) is 5.34. The van der Waals surface area contributed by atoms with Gasteiger partial charge in [0, 0.05) is 25.0 Å². The first kappa shape index (κ1) is 6.81. The van der Waals surface area contributed by atoms with E-state index in [4.69, 9.17) is 0 Å². The summed E-state index contributed by atoms with van der Waals surface area (Å²) in [6.45, 7) is 0. The van der Waals surface area contributed by atoms with Crippen LogP contribution in [0, 0.1) is 0 Å². The molecule has 0 amide bonds. The number of nitrogens with zero attached hydrogens (tertiary/aromatic N) is 2. The zero-order chi connectivity index (χ0) is 6.69. The van der Waals surface area contributed by atoms with Crippen molar-refractivity contribution in [3.63, 3.8) is 0 Å². The van der Waals surface area contributed by atoms with Gasteiger partial charge < -0.3 is 4.57 Å². The first-order valence-electron chi connectivity index (χ1n) is 2.85. The van der Waals surface area contributed by atoms with Gasteiger partial charge in [-0.3, -0.25) is 0 Å². The van der Waals surface area contributed by atoms with Crippen molar-refractivity contribution in [3.05, 3.63) is 18.2 Å². The summed E-state index contributed by atoms with van der Waals surface area (Å²) in [6, 6.07) is 0. The standard InChI is InChI=1S/C6H9BrN2/c1-9-4-6(2-3-7)8-5-9/h4-5H,2-3H2,1H3. The molecule has 0 aliphatic heterocycles. The highest BCUT2D eigenvalue weighted by molar-refractivity contribution is 9.09. The summed E-state index contributed by atoms with van der Waals surface area (Å²) in [5.74, 6) is 0. The van der Waals surface area contributed by atoms with Gasteiger partial charge in [0.05, 0.1) is 12.0 Å². The third-order valence-corrected chi connectivity index (χ3v) is 1.51. The molecule has 3 heteroatoms. The van der Waals surface area contributed by atoms with Crippen LogP contribution in [0.4, 0.5) is 0 Å². The molecule has 2 nitrogen and oxygen atoms in total. The molecule has 0 saturated carbocycles. The van der Waals surface area contributed by atoms with Crippen molar-refractivity contribution in [1.82, 2.24) is 9.55 Å². The number of aromatic nitrogens is 2. The highest BCUT2D eigenvalue weighted by atomic mass is 79.9. The molecule has 0 bridgehead atoms. The molecule has 0 aliphatic carbocycles. The minimum Gasteiger partial charge on any atom is -0.340 e. The summed E-state index contributed by atoms with van der Waals surface area (Å²) in [5.41, 5.74) is 1.15. The number of imidazole rings is 1. The van der Waals surface area contributed by atoms with Gasteiger partial charge in [0.2, 0.25) is 0 Å². The van der Waals surface area contributed by atoms with Gasteiger partial charge in [-0.25, -0.2) is 4.98 Å². The molecule has 0 N–H and O–H groups in total. The van der Waals surface area contributed by atoms with Crippen molar-refractivity contribution in [2.75, 3.05) is 5.33 Å². The van der Waals surface area contributed by atoms with E-state index in [1.165, 1.54) is 0 Å². The Kier molecular flexibility index (Phi) is 2.28. The third-order valence-electron chi connectivity index (χ3n) is 1.11. The Morgan fingerprint density at radius 3 is 3.00 bits per heavy atom. The van der Waals surface area contributed by atoms with Crippen LogP contribution in [0.15, 0.2) is 12.5 Å². The van der Waals surface area contributed by atoms with Gasteiger partial charge in [0.15, 0.2) is 0 Å². The van der Waals surface area contributed by atoms with Crippen molar-refractivity contribution < 1.29 is 0 Å². The van der Waals surface area contributed by atoms with Crippen LogP contribution in [-0.2, 0) is 13.5 Å². The van der Waals surface area contributed by atoms with Gasteiger partial charge in [-0.1, -0.05) is 15.9 Å². The summed E-state index contributed by atoms with van der Waals surface area (Å²) in [4.78, 5) is 4.14. The molecule has 9 heavy (non-hydrogen) atoms. The van der Waals surface area contributed by atoms with Gasteiger partial charge in [-0.2, -0.15) is 0 Å². The Balaban J connectivity index is 2.61. The van der Waals surface area contributed by atoms with E-state index < -0.39 is 0 Å². The Morgan fingerprint density at radius 2 is 2.56 bits per heavy atom. The maximum absolute atomic E-state index is 4.14. The lowest BCUT2D eigenvalue weighted by atomic mass is 10.4. The lowest BCUT2D eigenvalue weighted by Gasteiger charge is -1.85. The zero-order valence-corrected chi connectivity index (χ0v) is 6.93. The Bertz CT molecular complexity index is 183. The van der Waals surface area contributed by atoms with Crippen molar-refractivity contribution in [2.45, 2.75) is 6.42 Å². The Hall–Kier alpha value is -0.310. The molecule has 0 radical (unpaired) electrons. The maximum atomic E-state index is 4.14. The van der Waals surface area contributed by atoms with Gasteiger partial charge >= 0.3 is 0 Å². The number of aryl methyl sites for hydroxylation is 2. The van der Waals surface area contributed by atoms with E-state index in [0.29, 0.717) is 0 Å². The van der Waals surface area contributed by atoms with Crippen LogP contribution in [-0.4, -0.2) is 14.9 Å². The van der Waals surface area contributed by atoms with Crippen LogP contribution in [0.3, 0.4) is 0 Å². The molecule has 1 rings (SSSR count). The molecule has 0 atom stereocenters. The van der Waals surface area contributed by atoms with Gasteiger partial charge in [-0.15, -0.1) is 0 Å².